The molecule has 0 atom stereocenters. The van der Waals surface area contributed by atoms with Crippen LogP contribution in [0.1, 0.15) is 6.42 Å². The molecule has 1 aliphatic rings. The number of carbonyl (C=O) groups is 1. The molecule has 4 nitrogen and oxygen atoms in total. The number of hydrogen-bond acceptors (Lipinski definition) is 4. The Kier molecular flexibility index (Phi) is 4.98. The molecule has 0 unspecified atom stereocenters. The Bertz CT molecular complexity index is 394. The van der Waals surface area contributed by atoms with Gasteiger partial charge in [-0.1, -0.05) is 39.3 Å². The lowest BCUT2D eigenvalue weighted by molar-refractivity contribution is -0.132. The molecule has 0 amide bonds. The number of oxime groups is 1. The third-order valence-electron chi connectivity index (χ3n) is 2.01. The highest BCUT2D eigenvalue weighted by molar-refractivity contribution is 9.11. The van der Waals surface area contributed by atoms with E-state index in [2.05, 4.69) is 30.7 Å². The zero-order valence-corrected chi connectivity index (χ0v) is 10.7. The van der Waals surface area contributed by atoms with E-state index in [0.717, 1.165) is 11.1 Å². The zero-order valence-electron chi connectivity index (χ0n) is 9.07. The first-order valence-electron chi connectivity index (χ1n) is 4.59. The van der Waals surface area contributed by atoms with E-state index >= 15 is 0 Å². The second-order valence-electron chi connectivity index (χ2n) is 3.03. The van der Waals surface area contributed by atoms with E-state index in [9.17, 15) is 4.79 Å². The Morgan fingerprint density at radius 3 is 2.88 bits per heavy atom. The van der Waals surface area contributed by atoms with Gasteiger partial charge in [-0.05, 0) is 16.1 Å². The summed E-state index contributed by atoms with van der Waals surface area (Å²) < 4.78 is 4.64. The van der Waals surface area contributed by atoms with Crippen molar-refractivity contribution in [2.45, 2.75) is 6.42 Å². The van der Waals surface area contributed by atoms with E-state index in [0.29, 0.717) is 6.42 Å². The van der Waals surface area contributed by atoms with Crippen LogP contribution in [0.3, 0.4) is 0 Å². The van der Waals surface area contributed by atoms with Crippen LogP contribution >= 0.6 is 15.9 Å². The lowest BCUT2D eigenvalue weighted by Crippen LogP contribution is -2.19. The third-order valence-corrected chi connectivity index (χ3v) is 2.60. The van der Waals surface area contributed by atoms with Gasteiger partial charge in [0.25, 0.3) is 0 Å². The molecule has 0 radical (unpaired) electrons. The molecule has 0 aliphatic heterocycles. The van der Waals surface area contributed by atoms with E-state index in [1.165, 1.54) is 14.2 Å². The Morgan fingerprint density at radius 2 is 2.31 bits per heavy atom. The maximum Gasteiger partial charge on any atom is 0.360 e. The molecule has 16 heavy (non-hydrogen) atoms. The van der Waals surface area contributed by atoms with E-state index < -0.39 is 5.97 Å². The molecule has 0 aromatic carbocycles. The molecule has 5 heteroatoms. The number of methoxy groups -OCH3 is 1. The van der Waals surface area contributed by atoms with Crippen LogP contribution in [-0.2, 0) is 14.4 Å². The SMILES string of the molecule is CON=C(C(=O)OC)C1=CC=CC(=CBr)C1. The largest absolute Gasteiger partial charge is 0.464 e. The van der Waals surface area contributed by atoms with Gasteiger partial charge in [0.1, 0.15) is 7.11 Å². The van der Waals surface area contributed by atoms with Gasteiger partial charge >= 0.3 is 5.97 Å². The molecule has 0 aromatic heterocycles. The number of nitrogens with zero attached hydrogens (tertiary/aromatic N) is 1. The molecule has 0 fully saturated rings. The Morgan fingerprint density at radius 1 is 1.56 bits per heavy atom. The number of halogens is 1. The molecular formula is C11H12BrNO3. The van der Waals surface area contributed by atoms with Crippen LogP contribution in [0.25, 0.3) is 0 Å². The number of allylic oxidation sites excluding steroid dienone is 4. The molecule has 0 saturated carbocycles. The average molecular weight is 286 g/mol. The van der Waals surface area contributed by atoms with Crippen LogP contribution in [0.4, 0.5) is 0 Å². The molecule has 0 heterocycles. The monoisotopic (exact) mass is 285 g/mol. The van der Waals surface area contributed by atoms with Crippen LogP contribution in [-0.4, -0.2) is 25.9 Å². The van der Waals surface area contributed by atoms with Crippen LogP contribution in [0.2, 0.25) is 0 Å². The maximum absolute atomic E-state index is 11.5. The van der Waals surface area contributed by atoms with Crippen molar-refractivity contribution in [1.82, 2.24) is 0 Å². The normalized spacial score (nSPS) is 18.3. The van der Waals surface area contributed by atoms with Gasteiger partial charge in [-0.3, -0.25) is 0 Å². The fourth-order valence-corrected chi connectivity index (χ4v) is 1.59. The number of rotatable bonds is 3. The second-order valence-corrected chi connectivity index (χ2v) is 3.48. The molecule has 0 N–H and O–H groups in total. The van der Waals surface area contributed by atoms with Gasteiger partial charge in [-0.15, -0.1) is 0 Å². The maximum atomic E-state index is 11.5. The standard InChI is InChI=1S/C11H12BrNO3/c1-15-11(14)10(13-16-2)9-5-3-4-8(6-9)7-12/h3-5,7H,6H2,1-2H3. The second kappa shape index (κ2) is 6.27. The van der Waals surface area contributed by atoms with E-state index in [4.69, 9.17) is 0 Å². The molecule has 0 bridgehead atoms. The minimum absolute atomic E-state index is 0.196. The van der Waals surface area contributed by atoms with Crippen molar-refractivity contribution in [2.24, 2.45) is 5.16 Å². The van der Waals surface area contributed by atoms with Gasteiger partial charge in [0.05, 0.1) is 7.11 Å². The molecule has 0 aromatic rings. The van der Waals surface area contributed by atoms with Crippen molar-refractivity contribution >= 4 is 27.6 Å². The molecule has 1 rings (SSSR count). The van der Waals surface area contributed by atoms with Gasteiger partial charge in [0.2, 0.25) is 0 Å². The summed E-state index contributed by atoms with van der Waals surface area (Å²) in [6.07, 6.45) is 6.22. The summed E-state index contributed by atoms with van der Waals surface area (Å²) in [7, 11) is 2.71. The summed E-state index contributed by atoms with van der Waals surface area (Å²) in [4.78, 5) is 17.9. The zero-order chi connectivity index (χ0) is 12.0. The van der Waals surface area contributed by atoms with Gasteiger partial charge < -0.3 is 9.57 Å². The van der Waals surface area contributed by atoms with Crippen molar-refractivity contribution in [1.29, 1.82) is 0 Å². The smallest absolute Gasteiger partial charge is 0.360 e. The molecule has 1 aliphatic carbocycles. The van der Waals surface area contributed by atoms with Crippen molar-refractivity contribution in [3.63, 3.8) is 0 Å². The predicted molar refractivity (Wildman–Crippen MR) is 65.3 cm³/mol. The van der Waals surface area contributed by atoms with Crippen molar-refractivity contribution < 1.29 is 14.4 Å². The highest BCUT2D eigenvalue weighted by atomic mass is 79.9. The highest BCUT2D eigenvalue weighted by Crippen LogP contribution is 2.20. The summed E-state index contributed by atoms with van der Waals surface area (Å²) >= 11 is 3.25. The third kappa shape index (κ3) is 3.06. The fraction of sp³-hybridized carbons (Fsp3) is 0.273. The topological polar surface area (TPSA) is 47.9 Å². The summed E-state index contributed by atoms with van der Waals surface area (Å²) in [6.45, 7) is 0. The van der Waals surface area contributed by atoms with Gasteiger partial charge in [0, 0.05) is 6.42 Å². The van der Waals surface area contributed by atoms with Gasteiger partial charge in [0.15, 0.2) is 5.71 Å². The van der Waals surface area contributed by atoms with E-state index in [1.54, 1.807) is 4.99 Å². The summed E-state index contributed by atoms with van der Waals surface area (Å²) in [5, 5.41) is 3.68. The molecule has 0 saturated heterocycles. The molecular weight excluding hydrogens is 274 g/mol. The summed E-state index contributed by atoms with van der Waals surface area (Å²) in [5.74, 6) is -0.502. The van der Waals surface area contributed by atoms with Crippen molar-refractivity contribution in [2.75, 3.05) is 14.2 Å². The lowest BCUT2D eigenvalue weighted by atomic mass is 9.97. The van der Waals surface area contributed by atoms with Crippen molar-refractivity contribution in [3.05, 3.63) is 34.4 Å². The Balaban J connectivity index is 2.97. The average Bonchev–Trinajstić information content (AvgIpc) is 2.35. The number of carbonyl (C=O) groups excluding carboxylic acids is 1. The minimum atomic E-state index is -0.502. The number of ether oxygens (including phenoxy) is 1. The first-order chi connectivity index (χ1) is 7.72. The number of hydrogen-bond donors (Lipinski definition) is 0. The Hall–Kier alpha value is -1.36. The summed E-state index contributed by atoms with van der Waals surface area (Å²) in [5.41, 5.74) is 2.01. The van der Waals surface area contributed by atoms with Crippen LogP contribution in [0.15, 0.2) is 39.5 Å². The molecule has 86 valence electrons. The van der Waals surface area contributed by atoms with Gasteiger partial charge in [-0.2, -0.15) is 0 Å². The highest BCUT2D eigenvalue weighted by Gasteiger charge is 2.19. The lowest BCUT2D eigenvalue weighted by Gasteiger charge is -2.11. The predicted octanol–water partition coefficient (Wildman–Crippen LogP) is 2.33. The quantitative estimate of drug-likeness (QED) is 0.454. The van der Waals surface area contributed by atoms with E-state index in [1.807, 2.05) is 18.2 Å². The number of esters is 1. The first-order valence-corrected chi connectivity index (χ1v) is 5.50. The van der Waals surface area contributed by atoms with Crippen LogP contribution < -0.4 is 0 Å². The van der Waals surface area contributed by atoms with Crippen LogP contribution in [0, 0.1) is 0 Å². The Labute approximate surface area is 102 Å². The fourth-order valence-electron chi connectivity index (χ4n) is 1.28. The van der Waals surface area contributed by atoms with Crippen LogP contribution in [0.5, 0.6) is 0 Å². The summed E-state index contributed by atoms with van der Waals surface area (Å²) in [6, 6.07) is 0. The van der Waals surface area contributed by atoms with Gasteiger partial charge in [-0.25, -0.2) is 4.79 Å². The first kappa shape index (κ1) is 12.7. The molecule has 0 spiro atoms. The minimum Gasteiger partial charge on any atom is -0.464 e. The van der Waals surface area contributed by atoms with E-state index in [-0.39, 0.29) is 5.71 Å². The van der Waals surface area contributed by atoms with Crippen molar-refractivity contribution in [3.8, 4) is 0 Å².